The van der Waals surface area contributed by atoms with Gasteiger partial charge in [0, 0.05) is 0 Å². The van der Waals surface area contributed by atoms with Crippen molar-refractivity contribution in [1.29, 1.82) is 0 Å². The summed E-state index contributed by atoms with van der Waals surface area (Å²) in [5.41, 5.74) is 0. The van der Waals surface area contributed by atoms with E-state index in [2.05, 4.69) is 10.2 Å². The molecule has 0 N–H and O–H groups in total. The molecular weight excluding hydrogens is 216 g/mol. The van der Waals surface area contributed by atoms with Crippen LogP contribution < -0.4 is 0 Å². The van der Waals surface area contributed by atoms with Crippen LogP contribution in [0.3, 0.4) is 0 Å². The van der Waals surface area contributed by atoms with Crippen molar-refractivity contribution in [3.8, 4) is 0 Å². The Hall–Kier alpha value is -0.400. The second kappa shape index (κ2) is 4.21. The molecule has 0 unspecified atom stereocenters. The van der Waals surface area contributed by atoms with Gasteiger partial charge < -0.3 is 0 Å². The molecule has 0 fully saturated rings. The van der Waals surface area contributed by atoms with Crippen molar-refractivity contribution in [2.75, 3.05) is 5.75 Å². The van der Waals surface area contributed by atoms with Crippen LogP contribution in [0.2, 0.25) is 0 Å². The maximum Gasteiger partial charge on any atom is 0.303 e. The molecule has 78 valence electrons. The Balaban J connectivity index is 4.64. The number of hydrogen-bond acceptors (Lipinski definition) is 5. The van der Waals surface area contributed by atoms with Crippen molar-refractivity contribution in [2.45, 2.75) is 13.8 Å². The normalized spacial score (nSPS) is 13.2. The lowest BCUT2D eigenvalue weighted by Gasteiger charge is -2.04. The van der Waals surface area contributed by atoms with E-state index in [9.17, 15) is 16.8 Å². The molecule has 13 heavy (non-hydrogen) atoms. The summed E-state index contributed by atoms with van der Waals surface area (Å²) in [4.78, 5) is 0. The fourth-order valence-electron chi connectivity index (χ4n) is 0.608. The summed E-state index contributed by atoms with van der Waals surface area (Å²) in [5, 5.41) is 0.449. The van der Waals surface area contributed by atoms with Gasteiger partial charge in [0.1, 0.15) is 0 Å². The van der Waals surface area contributed by atoms with E-state index in [0.717, 1.165) is 0 Å². The summed E-state index contributed by atoms with van der Waals surface area (Å²) in [6, 6.07) is 0. The molecule has 0 aromatic rings. The summed E-state index contributed by atoms with van der Waals surface area (Å²) in [5.74, 6) is -0.523. The average Bonchev–Trinajstić information content (AvgIpc) is 1.81. The Kier molecular flexibility index (Phi) is 4.08. The summed E-state index contributed by atoms with van der Waals surface area (Å²) < 4.78 is 47.2. The van der Waals surface area contributed by atoms with Crippen LogP contribution in [0.5, 0.6) is 0 Å². The standard InChI is InChI=1S/C6H12O5S2/c1-4-12(7,8)11-13(9,10)5-6(2)3/h4,6H,1,5H2,2-3H3. The van der Waals surface area contributed by atoms with E-state index in [0.29, 0.717) is 5.41 Å². The van der Waals surface area contributed by atoms with Gasteiger partial charge in [0.25, 0.3) is 10.1 Å². The van der Waals surface area contributed by atoms with Gasteiger partial charge in [-0.05, 0) is 5.92 Å². The second-order valence-corrected chi connectivity index (χ2v) is 6.16. The Bertz CT molecular complexity index is 362. The predicted octanol–water partition coefficient (Wildman–Crippen LogP) is 0.462. The quantitative estimate of drug-likeness (QED) is 0.683. The maximum atomic E-state index is 11.0. The zero-order chi connectivity index (χ0) is 10.7. The zero-order valence-corrected chi connectivity index (χ0v) is 9.06. The van der Waals surface area contributed by atoms with Crippen LogP contribution in [0.15, 0.2) is 12.0 Å². The molecule has 0 radical (unpaired) electrons. The van der Waals surface area contributed by atoms with Crippen molar-refractivity contribution in [3.05, 3.63) is 12.0 Å². The van der Waals surface area contributed by atoms with Gasteiger partial charge >= 0.3 is 10.1 Å². The van der Waals surface area contributed by atoms with Crippen molar-refractivity contribution in [1.82, 2.24) is 0 Å². The fourth-order valence-corrected chi connectivity index (χ4v) is 3.03. The van der Waals surface area contributed by atoms with E-state index >= 15 is 0 Å². The van der Waals surface area contributed by atoms with E-state index in [4.69, 9.17) is 0 Å². The minimum absolute atomic E-state index is 0.190. The van der Waals surface area contributed by atoms with Gasteiger partial charge in [-0.1, -0.05) is 20.4 Å². The molecular formula is C6H12O5S2. The van der Waals surface area contributed by atoms with Gasteiger partial charge in [-0.25, -0.2) is 0 Å². The first kappa shape index (κ1) is 12.6. The molecule has 0 heterocycles. The molecule has 0 rings (SSSR count). The summed E-state index contributed by atoms with van der Waals surface area (Å²) >= 11 is 0. The SMILES string of the molecule is C=CS(=O)(=O)OS(=O)(=O)CC(C)C. The third kappa shape index (κ3) is 5.78. The lowest BCUT2D eigenvalue weighted by Crippen LogP contribution is -2.17. The van der Waals surface area contributed by atoms with Crippen molar-refractivity contribution >= 4 is 20.2 Å². The van der Waals surface area contributed by atoms with E-state index in [1.165, 1.54) is 0 Å². The lowest BCUT2D eigenvalue weighted by atomic mass is 10.3. The first-order valence-electron chi connectivity index (χ1n) is 3.50. The van der Waals surface area contributed by atoms with Gasteiger partial charge in [-0.15, -0.1) is 3.63 Å². The highest BCUT2D eigenvalue weighted by Gasteiger charge is 2.20. The van der Waals surface area contributed by atoms with Crippen LogP contribution in [0.4, 0.5) is 0 Å². The Morgan fingerprint density at radius 2 is 1.77 bits per heavy atom. The summed E-state index contributed by atoms with van der Waals surface area (Å²) in [7, 11) is -8.16. The molecule has 0 aliphatic rings. The van der Waals surface area contributed by atoms with Crippen LogP contribution in [0.1, 0.15) is 13.8 Å². The Labute approximate surface area is 78.7 Å². The smallest absolute Gasteiger partial charge is 0.198 e. The molecule has 0 bridgehead atoms. The molecule has 0 saturated heterocycles. The topological polar surface area (TPSA) is 77.5 Å². The van der Waals surface area contributed by atoms with Gasteiger partial charge in [-0.2, -0.15) is 16.8 Å². The second-order valence-electron chi connectivity index (χ2n) is 2.85. The fraction of sp³-hybridized carbons (Fsp3) is 0.667. The number of rotatable bonds is 5. The summed E-state index contributed by atoms with van der Waals surface area (Å²) in [6.45, 7) is 6.20. The van der Waals surface area contributed by atoms with Gasteiger partial charge in [0.2, 0.25) is 0 Å². The molecule has 0 aliphatic heterocycles. The summed E-state index contributed by atoms with van der Waals surface area (Å²) in [6.07, 6.45) is 0. The van der Waals surface area contributed by atoms with Gasteiger partial charge in [0.05, 0.1) is 11.2 Å². The van der Waals surface area contributed by atoms with Gasteiger partial charge in [-0.3, -0.25) is 0 Å². The Morgan fingerprint density at radius 3 is 2.08 bits per heavy atom. The molecule has 0 amide bonds. The third-order valence-corrected chi connectivity index (χ3v) is 4.01. The van der Waals surface area contributed by atoms with Crippen LogP contribution in [0, 0.1) is 5.92 Å². The van der Waals surface area contributed by atoms with Crippen LogP contribution in [-0.2, 0) is 23.9 Å². The highest BCUT2D eigenvalue weighted by Crippen LogP contribution is 2.07. The Morgan fingerprint density at radius 1 is 1.31 bits per heavy atom. The minimum Gasteiger partial charge on any atom is -0.198 e. The van der Waals surface area contributed by atoms with Crippen LogP contribution >= 0.6 is 0 Å². The van der Waals surface area contributed by atoms with Gasteiger partial charge in [0.15, 0.2) is 0 Å². The number of hydrogen-bond donors (Lipinski definition) is 0. The molecule has 0 aromatic heterocycles. The molecule has 5 nitrogen and oxygen atoms in total. The molecule has 0 aromatic carbocycles. The van der Waals surface area contributed by atoms with E-state index in [-0.39, 0.29) is 11.7 Å². The highest BCUT2D eigenvalue weighted by molar-refractivity contribution is 8.01. The first-order chi connectivity index (χ1) is 5.68. The largest absolute Gasteiger partial charge is 0.303 e. The van der Waals surface area contributed by atoms with Crippen LogP contribution in [0.25, 0.3) is 0 Å². The van der Waals surface area contributed by atoms with Crippen molar-refractivity contribution in [3.63, 3.8) is 0 Å². The van der Waals surface area contributed by atoms with E-state index in [1.807, 2.05) is 0 Å². The maximum absolute atomic E-state index is 11.0. The molecule has 0 spiro atoms. The van der Waals surface area contributed by atoms with Crippen LogP contribution in [-0.4, -0.2) is 22.6 Å². The molecule has 0 aliphatic carbocycles. The monoisotopic (exact) mass is 228 g/mol. The van der Waals surface area contributed by atoms with E-state index in [1.54, 1.807) is 13.8 Å². The molecule has 7 heteroatoms. The predicted molar refractivity (Wildman–Crippen MR) is 48.8 cm³/mol. The minimum atomic E-state index is -4.15. The first-order valence-corrected chi connectivity index (χ1v) is 6.54. The molecule has 0 atom stereocenters. The van der Waals surface area contributed by atoms with Crippen molar-refractivity contribution < 1.29 is 20.5 Å². The zero-order valence-electron chi connectivity index (χ0n) is 7.43. The average molecular weight is 228 g/mol. The highest BCUT2D eigenvalue weighted by atomic mass is 32.3. The molecule has 0 saturated carbocycles. The van der Waals surface area contributed by atoms with Crippen molar-refractivity contribution in [2.24, 2.45) is 5.92 Å². The lowest BCUT2D eigenvalue weighted by molar-refractivity contribution is 0.462. The third-order valence-electron chi connectivity index (χ3n) is 0.940. The van der Waals surface area contributed by atoms with E-state index < -0.39 is 20.2 Å².